The third-order valence-electron chi connectivity index (χ3n) is 2.44. The van der Waals surface area contributed by atoms with Crippen LogP contribution in [0.15, 0.2) is 30.3 Å². The molecule has 0 aliphatic rings. The fraction of sp³-hybridized carbons (Fsp3) is 0.250. The van der Waals surface area contributed by atoms with E-state index >= 15 is 0 Å². The molecule has 2 rings (SSSR count). The van der Waals surface area contributed by atoms with Crippen LogP contribution in [-0.2, 0) is 10.2 Å². The van der Waals surface area contributed by atoms with Gasteiger partial charge in [0.15, 0.2) is 0 Å². The summed E-state index contributed by atoms with van der Waals surface area (Å²) in [5, 5.41) is 4.19. The molecule has 0 saturated heterocycles. The highest BCUT2D eigenvalue weighted by molar-refractivity contribution is 6.08. The summed E-state index contributed by atoms with van der Waals surface area (Å²) in [7, 11) is 0. The molecule has 0 bridgehead atoms. The van der Waals surface area contributed by atoms with Crippen LogP contribution in [0.4, 0.5) is 0 Å². The summed E-state index contributed by atoms with van der Waals surface area (Å²) in [5.41, 5.74) is 0.885. The lowest BCUT2D eigenvalue weighted by molar-refractivity contribution is 0.0737. The van der Waals surface area contributed by atoms with Gasteiger partial charge in [0.25, 0.3) is 5.82 Å². The third-order valence-corrected chi connectivity index (χ3v) is 2.65. The SMILES string of the molecule is CCCc1nc(C(=O)[O][Al])nn1-c1ccccc1. The highest BCUT2D eigenvalue weighted by Crippen LogP contribution is 2.11. The minimum Gasteiger partial charge on any atom is -0.622 e. The Bertz CT molecular complexity index is 540. The summed E-state index contributed by atoms with van der Waals surface area (Å²) < 4.78 is 6.24. The fourth-order valence-electron chi connectivity index (χ4n) is 1.64. The van der Waals surface area contributed by atoms with Crippen LogP contribution in [0.25, 0.3) is 5.69 Å². The number of carbonyl (C=O) groups excluding carboxylic acids is 1. The molecule has 0 atom stereocenters. The first kappa shape index (κ1) is 12.8. The molecule has 0 unspecified atom stereocenters. The van der Waals surface area contributed by atoms with Crippen LogP contribution in [0.3, 0.4) is 0 Å². The monoisotopic (exact) mass is 257 g/mol. The number of rotatable bonds is 4. The molecular formula is C12H12AlN3O2. The zero-order valence-corrected chi connectivity index (χ0v) is 11.2. The molecule has 6 heteroatoms. The second-order valence-corrected chi connectivity index (χ2v) is 3.99. The fourth-order valence-corrected chi connectivity index (χ4v) is 1.75. The summed E-state index contributed by atoms with van der Waals surface area (Å²) in [6.45, 7) is 2.05. The van der Waals surface area contributed by atoms with E-state index in [4.69, 9.17) is 0 Å². The van der Waals surface area contributed by atoms with Gasteiger partial charge in [0.05, 0.1) is 5.69 Å². The second-order valence-electron chi connectivity index (χ2n) is 3.75. The molecule has 0 N–H and O–H groups in total. The summed E-state index contributed by atoms with van der Waals surface area (Å²) in [6.07, 6.45) is 1.69. The maximum atomic E-state index is 11.4. The molecule has 0 spiro atoms. The van der Waals surface area contributed by atoms with Gasteiger partial charge in [-0.15, -0.1) is 5.10 Å². The summed E-state index contributed by atoms with van der Waals surface area (Å²) in [5.74, 6) is 0.290. The van der Waals surface area contributed by atoms with Crippen LogP contribution in [0.2, 0.25) is 0 Å². The smallest absolute Gasteiger partial charge is 0.485 e. The lowest BCUT2D eigenvalue weighted by Gasteiger charge is -2.03. The van der Waals surface area contributed by atoms with Gasteiger partial charge in [-0.3, -0.25) is 0 Å². The highest BCUT2D eigenvalue weighted by atomic mass is 27.1. The number of para-hydroxylation sites is 1. The van der Waals surface area contributed by atoms with Gasteiger partial charge in [-0.25, -0.2) is 14.5 Å². The van der Waals surface area contributed by atoms with Gasteiger partial charge in [-0.05, 0) is 18.6 Å². The molecular weight excluding hydrogens is 245 g/mol. The topological polar surface area (TPSA) is 57.0 Å². The Morgan fingerprint density at radius 1 is 1.39 bits per heavy atom. The molecule has 0 aliphatic carbocycles. The zero-order valence-electron chi connectivity index (χ0n) is 10.0. The van der Waals surface area contributed by atoms with Crippen LogP contribution < -0.4 is 0 Å². The van der Waals surface area contributed by atoms with Crippen molar-refractivity contribution in [3.8, 4) is 5.69 Å². The minimum absolute atomic E-state index is 0.0808. The van der Waals surface area contributed by atoms with E-state index in [2.05, 4.69) is 20.8 Å². The number of nitrogens with zero attached hydrogens (tertiary/aromatic N) is 3. The van der Waals surface area contributed by atoms with Crippen molar-refractivity contribution in [1.29, 1.82) is 0 Å². The van der Waals surface area contributed by atoms with Crippen molar-refractivity contribution in [2.24, 2.45) is 0 Å². The average molecular weight is 257 g/mol. The Balaban J connectivity index is 2.45. The minimum atomic E-state index is -0.549. The van der Waals surface area contributed by atoms with E-state index in [9.17, 15) is 4.79 Å². The Morgan fingerprint density at radius 2 is 2.11 bits per heavy atom. The molecule has 90 valence electrons. The highest BCUT2D eigenvalue weighted by Gasteiger charge is 2.16. The van der Waals surface area contributed by atoms with Crippen molar-refractivity contribution >= 4 is 22.6 Å². The number of aryl methyl sites for hydroxylation is 1. The molecule has 5 nitrogen and oxygen atoms in total. The summed E-state index contributed by atoms with van der Waals surface area (Å²) >= 11 is 1.91. The molecule has 0 fully saturated rings. The van der Waals surface area contributed by atoms with Crippen LogP contribution >= 0.6 is 0 Å². The molecule has 1 aromatic heterocycles. The molecule has 0 saturated carbocycles. The van der Waals surface area contributed by atoms with Crippen molar-refractivity contribution in [2.75, 3.05) is 0 Å². The van der Waals surface area contributed by atoms with E-state index in [0.29, 0.717) is 0 Å². The van der Waals surface area contributed by atoms with Crippen molar-refractivity contribution in [3.63, 3.8) is 0 Å². The van der Waals surface area contributed by atoms with Gasteiger partial charge in [0.1, 0.15) is 5.82 Å². The third kappa shape index (κ3) is 2.61. The van der Waals surface area contributed by atoms with Gasteiger partial charge in [0.2, 0.25) is 0 Å². The van der Waals surface area contributed by atoms with E-state index in [1.165, 1.54) is 0 Å². The lowest BCUT2D eigenvalue weighted by Crippen LogP contribution is -2.06. The van der Waals surface area contributed by atoms with Gasteiger partial charge in [0, 0.05) is 6.42 Å². The number of hydrogen-bond acceptors (Lipinski definition) is 4. The van der Waals surface area contributed by atoms with Crippen molar-refractivity contribution in [1.82, 2.24) is 14.8 Å². The Labute approximate surface area is 114 Å². The average Bonchev–Trinajstić information content (AvgIpc) is 2.83. The molecule has 1 aromatic carbocycles. The molecule has 0 aliphatic heterocycles. The predicted octanol–water partition coefficient (Wildman–Crippen LogP) is 1.46. The maximum absolute atomic E-state index is 11.4. The van der Waals surface area contributed by atoms with Crippen molar-refractivity contribution < 1.29 is 8.58 Å². The van der Waals surface area contributed by atoms with Crippen LogP contribution in [-0.4, -0.2) is 37.4 Å². The van der Waals surface area contributed by atoms with E-state index in [1.807, 2.05) is 47.0 Å². The van der Waals surface area contributed by atoms with Crippen molar-refractivity contribution in [3.05, 3.63) is 42.0 Å². The second kappa shape index (κ2) is 5.81. The quantitative estimate of drug-likeness (QED) is 0.778. The summed E-state index contributed by atoms with van der Waals surface area (Å²) in [4.78, 5) is 15.6. The first-order valence-corrected chi connectivity index (χ1v) is 6.15. The number of benzene rings is 1. The van der Waals surface area contributed by atoms with E-state index in [0.717, 1.165) is 24.4 Å². The van der Waals surface area contributed by atoms with Gasteiger partial charge >= 0.3 is 22.6 Å². The molecule has 2 aromatic rings. The van der Waals surface area contributed by atoms with Crippen LogP contribution in [0.5, 0.6) is 0 Å². The first-order chi connectivity index (χ1) is 8.76. The molecule has 0 amide bonds. The maximum Gasteiger partial charge on any atom is 0.485 e. The predicted molar refractivity (Wildman–Crippen MR) is 66.5 cm³/mol. The Kier molecular flexibility index (Phi) is 4.13. The largest absolute Gasteiger partial charge is 0.622 e. The van der Waals surface area contributed by atoms with Gasteiger partial charge < -0.3 is 3.79 Å². The van der Waals surface area contributed by atoms with E-state index in [-0.39, 0.29) is 5.82 Å². The summed E-state index contributed by atoms with van der Waals surface area (Å²) in [6, 6.07) is 9.60. The molecule has 2 radical (unpaired) electrons. The Morgan fingerprint density at radius 3 is 2.72 bits per heavy atom. The standard InChI is InChI=1S/C12H13N3O2.Al/c1-2-6-10-13-11(12(16)17)14-15(10)9-7-4-3-5-8-9;/h3-5,7-8H,2,6H2,1H3,(H,16,17);/q;+1/p-1. The number of aromatic nitrogens is 3. The van der Waals surface area contributed by atoms with Crippen molar-refractivity contribution in [2.45, 2.75) is 19.8 Å². The lowest BCUT2D eigenvalue weighted by atomic mass is 10.3. The number of carbonyl (C=O) groups is 1. The van der Waals surface area contributed by atoms with Gasteiger partial charge in [-0.1, -0.05) is 25.1 Å². The zero-order chi connectivity index (χ0) is 13.0. The van der Waals surface area contributed by atoms with Crippen LogP contribution in [0, 0.1) is 0 Å². The van der Waals surface area contributed by atoms with Gasteiger partial charge in [-0.2, -0.15) is 0 Å². The first-order valence-electron chi connectivity index (χ1n) is 5.68. The molecule has 18 heavy (non-hydrogen) atoms. The Hall–Kier alpha value is -1.64. The van der Waals surface area contributed by atoms with Crippen LogP contribution in [0.1, 0.15) is 29.8 Å². The number of hydrogen-bond donors (Lipinski definition) is 0. The van der Waals surface area contributed by atoms with E-state index < -0.39 is 5.97 Å². The normalized spacial score (nSPS) is 10.3. The van der Waals surface area contributed by atoms with E-state index in [1.54, 1.807) is 4.68 Å². The molecule has 1 heterocycles.